The zero-order valence-electron chi connectivity index (χ0n) is 14.4. The van der Waals surface area contributed by atoms with Gasteiger partial charge in [-0.15, -0.1) is 11.8 Å². The molecule has 0 radical (unpaired) electrons. The van der Waals surface area contributed by atoms with Crippen LogP contribution in [0.4, 0.5) is 0 Å². The first kappa shape index (κ1) is 17.4. The molecule has 0 saturated carbocycles. The SMILES string of the molecule is COc1cc(C(=O)N2CCSC2c2ccc(OC)c(OC)c2)ccn1. The summed E-state index contributed by atoms with van der Waals surface area (Å²) in [5, 5.41) is -0.0635. The van der Waals surface area contributed by atoms with E-state index >= 15 is 0 Å². The lowest BCUT2D eigenvalue weighted by Crippen LogP contribution is -2.30. The number of rotatable bonds is 5. The van der Waals surface area contributed by atoms with Gasteiger partial charge < -0.3 is 19.1 Å². The molecule has 0 N–H and O–H groups in total. The van der Waals surface area contributed by atoms with Crippen LogP contribution in [0.25, 0.3) is 0 Å². The topological polar surface area (TPSA) is 60.9 Å². The summed E-state index contributed by atoms with van der Waals surface area (Å²) < 4.78 is 15.8. The van der Waals surface area contributed by atoms with Gasteiger partial charge in [0.15, 0.2) is 11.5 Å². The molecule has 3 rings (SSSR count). The Hall–Kier alpha value is -2.41. The molecule has 1 unspecified atom stereocenters. The van der Waals surface area contributed by atoms with E-state index in [1.54, 1.807) is 44.3 Å². The zero-order valence-corrected chi connectivity index (χ0v) is 15.2. The summed E-state index contributed by atoms with van der Waals surface area (Å²) in [6.07, 6.45) is 1.58. The first-order valence-corrected chi connectivity index (χ1v) is 8.87. The summed E-state index contributed by atoms with van der Waals surface area (Å²) in [5.74, 6) is 2.61. The predicted octanol–water partition coefficient (Wildman–Crippen LogP) is 3.00. The van der Waals surface area contributed by atoms with E-state index in [0.717, 1.165) is 11.3 Å². The Kier molecular flexibility index (Phi) is 5.33. The molecule has 1 fully saturated rings. The average molecular weight is 360 g/mol. The Morgan fingerprint density at radius 1 is 1.12 bits per heavy atom. The molecule has 2 aromatic rings. The van der Waals surface area contributed by atoms with Crippen molar-refractivity contribution < 1.29 is 19.0 Å². The molecule has 1 aliphatic rings. The van der Waals surface area contributed by atoms with E-state index in [2.05, 4.69) is 4.98 Å². The van der Waals surface area contributed by atoms with Gasteiger partial charge in [-0.25, -0.2) is 4.98 Å². The number of carbonyl (C=O) groups is 1. The van der Waals surface area contributed by atoms with Gasteiger partial charge in [0.2, 0.25) is 5.88 Å². The highest BCUT2D eigenvalue weighted by Crippen LogP contribution is 2.41. The lowest BCUT2D eigenvalue weighted by atomic mass is 10.1. The highest BCUT2D eigenvalue weighted by molar-refractivity contribution is 7.99. The molecule has 25 heavy (non-hydrogen) atoms. The fourth-order valence-corrected chi connectivity index (χ4v) is 4.03. The molecule has 0 aliphatic carbocycles. The molecule has 2 heterocycles. The van der Waals surface area contributed by atoms with Gasteiger partial charge >= 0.3 is 0 Å². The van der Waals surface area contributed by atoms with Gasteiger partial charge in [-0.1, -0.05) is 6.07 Å². The molecule has 1 aromatic heterocycles. The number of aromatic nitrogens is 1. The number of nitrogens with zero attached hydrogens (tertiary/aromatic N) is 2. The number of methoxy groups -OCH3 is 3. The molecule has 1 aliphatic heterocycles. The van der Waals surface area contributed by atoms with Gasteiger partial charge in [0, 0.05) is 30.1 Å². The third-order valence-corrected chi connectivity index (χ3v) is 5.30. The third kappa shape index (κ3) is 3.51. The monoisotopic (exact) mass is 360 g/mol. The number of ether oxygens (including phenoxy) is 3. The molecule has 1 atom stereocenters. The normalized spacial score (nSPS) is 16.6. The molecule has 0 spiro atoms. The van der Waals surface area contributed by atoms with E-state index in [4.69, 9.17) is 14.2 Å². The van der Waals surface area contributed by atoms with Crippen molar-refractivity contribution in [3.05, 3.63) is 47.7 Å². The fraction of sp³-hybridized carbons (Fsp3) is 0.333. The van der Waals surface area contributed by atoms with Crippen molar-refractivity contribution >= 4 is 17.7 Å². The van der Waals surface area contributed by atoms with Gasteiger partial charge in [-0.3, -0.25) is 4.79 Å². The number of amides is 1. The van der Waals surface area contributed by atoms with Gasteiger partial charge in [0.25, 0.3) is 5.91 Å². The Morgan fingerprint density at radius 3 is 2.64 bits per heavy atom. The highest BCUT2D eigenvalue weighted by atomic mass is 32.2. The smallest absolute Gasteiger partial charge is 0.255 e. The van der Waals surface area contributed by atoms with Crippen molar-refractivity contribution in [2.75, 3.05) is 33.6 Å². The maximum atomic E-state index is 12.9. The summed E-state index contributed by atoms with van der Waals surface area (Å²) >= 11 is 1.73. The number of pyridine rings is 1. The number of hydrogen-bond donors (Lipinski definition) is 0. The predicted molar refractivity (Wildman–Crippen MR) is 96.6 cm³/mol. The van der Waals surface area contributed by atoms with Crippen LogP contribution in [0, 0.1) is 0 Å². The molecule has 1 saturated heterocycles. The fourth-order valence-electron chi connectivity index (χ4n) is 2.78. The van der Waals surface area contributed by atoms with Crippen LogP contribution in [0.5, 0.6) is 17.4 Å². The summed E-state index contributed by atoms with van der Waals surface area (Å²) in [6, 6.07) is 9.13. The van der Waals surface area contributed by atoms with Crippen LogP contribution >= 0.6 is 11.8 Å². The van der Waals surface area contributed by atoms with Gasteiger partial charge in [0.05, 0.1) is 21.3 Å². The minimum absolute atomic E-state index is 0.0366. The van der Waals surface area contributed by atoms with Crippen molar-refractivity contribution in [1.29, 1.82) is 0 Å². The van der Waals surface area contributed by atoms with E-state index in [-0.39, 0.29) is 11.3 Å². The standard InChI is InChI=1S/C18H20N2O4S/c1-22-14-5-4-13(10-15(14)23-2)18-20(8-9-25-18)17(21)12-6-7-19-16(11-12)24-3/h4-7,10-11,18H,8-9H2,1-3H3. The third-order valence-electron chi connectivity index (χ3n) is 4.04. The maximum absolute atomic E-state index is 12.9. The van der Waals surface area contributed by atoms with Crippen LogP contribution in [0.15, 0.2) is 36.5 Å². The highest BCUT2D eigenvalue weighted by Gasteiger charge is 2.32. The van der Waals surface area contributed by atoms with Crippen LogP contribution < -0.4 is 14.2 Å². The Balaban J connectivity index is 1.88. The Morgan fingerprint density at radius 2 is 1.92 bits per heavy atom. The average Bonchev–Trinajstić information content (AvgIpc) is 3.16. The summed E-state index contributed by atoms with van der Waals surface area (Å²) in [7, 11) is 4.75. The molecule has 6 nitrogen and oxygen atoms in total. The van der Waals surface area contributed by atoms with Crippen LogP contribution in [-0.2, 0) is 0 Å². The van der Waals surface area contributed by atoms with Crippen molar-refractivity contribution in [1.82, 2.24) is 9.88 Å². The van der Waals surface area contributed by atoms with Crippen molar-refractivity contribution in [2.45, 2.75) is 5.37 Å². The summed E-state index contributed by atoms with van der Waals surface area (Å²) in [6.45, 7) is 0.688. The van der Waals surface area contributed by atoms with Crippen LogP contribution in [0.1, 0.15) is 21.3 Å². The zero-order chi connectivity index (χ0) is 17.8. The van der Waals surface area contributed by atoms with Crippen LogP contribution in [0.3, 0.4) is 0 Å². The van der Waals surface area contributed by atoms with Gasteiger partial charge in [0.1, 0.15) is 5.37 Å². The van der Waals surface area contributed by atoms with E-state index in [0.29, 0.717) is 29.5 Å². The van der Waals surface area contributed by atoms with E-state index in [1.165, 1.54) is 7.11 Å². The molecule has 1 amide bonds. The lowest BCUT2D eigenvalue weighted by molar-refractivity contribution is 0.0759. The Bertz CT molecular complexity index is 768. The lowest BCUT2D eigenvalue weighted by Gasteiger charge is -2.25. The van der Waals surface area contributed by atoms with Crippen molar-refractivity contribution in [3.63, 3.8) is 0 Å². The summed E-state index contributed by atoms with van der Waals surface area (Å²) in [5.41, 5.74) is 1.58. The van der Waals surface area contributed by atoms with Crippen LogP contribution in [-0.4, -0.2) is 49.4 Å². The molecule has 1 aromatic carbocycles. The first-order chi connectivity index (χ1) is 12.2. The number of benzene rings is 1. The van der Waals surface area contributed by atoms with Gasteiger partial charge in [-0.2, -0.15) is 0 Å². The molecular formula is C18H20N2O4S. The van der Waals surface area contributed by atoms with Crippen molar-refractivity contribution in [2.24, 2.45) is 0 Å². The van der Waals surface area contributed by atoms with E-state index in [1.807, 2.05) is 23.1 Å². The second-order valence-corrected chi connectivity index (χ2v) is 6.61. The molecular weight excluding hydrogens is 340 g/mol. The quantitative estimate of drug-likeness (QED) is 0.817. The largest absolute Gasteiger partial charge is 0.493 e. The minimum atomic E-state index is -0.0635. The number of carbonyl (C=O) groups excluding carboxylic acids is 1. The van der Waals surface area contributed by atoms with E-state index in [9.17, 15) is 4.79 Å². The second-order valence-electron chi connectivity index (χ2n) is 5.42. The number of thioether (sulfide) groups is 1. The maximum Gasteiger partial charge on any atom is 0.255 e. The first-order valence-electron chi connectivity index (χ1n) is 7.82. The Labute approximate surface area is 151 Å². The van der Waals surface area contributed by atoms with Crippen molar-refractivity contribution in [3.8, 4) is 17.4 Å². The summed E-state index contributed by atoms with van der Waals surface area (Å²) in [4.78, 5) is 18.9. The van der Waals surface area contributed by atoms with Crippen LogP contribution in [0.2, 0.25) is 0 Å². The van der Waals surface area contributed by atoms with E-state index < -0.39 is 0 Å². The molecule has 132 valence electrons. The number of hydrogen-bond acceptors (Lipinski definition) is 6. The van der Waals surface area contributed by atoms with Gasteiger partial charge in [-0.05, 0) is 23.8 Å². The molecule has 7 heteroatoms. The molecule has 0 bridgehead atoms. The second kappa shape index (κ2) is 7.65. The minimum Gasteiger partial charge on any atom is -0.493 e.